The average molecular weight is 340 g/mol. The average Bonchev–Trinajstić information content (AvgIpc) is 2.87. The molecule has 25 heavy (non-hydrogen) atoms. The van der Waals surface area contributed by atoms with Crippen LogP contribution in [0, 0.1) is 0 Å². The molecule has 1 aromatic carbocycles. The van der Waals surface area contributed by atoms with Gasteiger partial charge in [-0.15, -0.1) is 0 Å². The summed E-state index contributed by atoms with van der Waals surface area (Å²) in [6, 6.07) is 5.83. The first-order valence-electron chi connectivity index (χ1n) is 8.47. The van der Waals surface area contributed by atoms with Crippen LogP contribution in [0.15, 0.2) is 40.6 Å². The van der Waals surface area contributed by atoms with E-state index in [1.807, 2.05) is 37.6 Å². The van der Waals surface area contributed by atoms with Crippen LogP contribution in [0.3, 0.4) is 0 Å². The molecule has 7 heteroatoms. The van der Waals surface area contributed by atoms with Gasteiger partial charge in [-0.25, -0.2) is 4.99 Å². The molecule has 0 atom stereocenters. The molecule has 0 saturated heterocycles. The fourth-order valence-electron chi connectivity index (χ4n) is 2.83. The standard InChI is InChI=1S/C18H24N6O/c1-24-12-13(11-21-24)15-8-7-14(10-16(15)25-2)22-18(19)23-17-6-4-3-5-9-20-17/h7-8,10-12H,3-6,9H2,1-2H3,(H3,19,20,22,23). The van der Waals surface area contributed by atoms with Crippen molar-refractivity contribution in [3.63, 3.8) is 0 Å². The van der Waals surface area contributed by atoms with E-state index in [1.165, 1.54) is 6.42 Å². The van der Waals surface area contributed by atoms with Gasteiger partial charge in [-0.2, -0.15) is 5.10 Å². The molecule has 7 nitrogen and oxygen atoms in total. The molecule has 3 rings (SSSR count). The molecule has 0 saturated carbocycles. The molecule has 2 aromatic rings. The highest BCUT2D eigenvalue weighted by Crippen LogP contribution is 2.32. The van der Waals surface area contributed by atoms with Crippen molar-refractivity contribution < 1.29 is 4.74 Å². The molecule has 2 heterocycles. The number of anilines is 1. The maximum Gasteiger partial charge on any atom is 0.199 e. The number of amidine groups is 1. The third-order valence-corrected chi connectivity index (χ3v) is 4.09. The molecule has 3 N–H and O–H groups in total. The van der Waals surface area contributed by atoms with Gasteiger partial charge in [-0.1, -0.05) is 6.42 Å². The van der Waals surface area contributed by atoms with E-state index in [-0.39, 0.29) is 0 Å². The molecule has 0 bridgehead atoms. The van der Waals surface area contributed by atoms with Gasteiger partial charge in [0.2, 0.25) is 0 Å². The first-order valence-corrected chi connectivity index (χ1v) is 8.47. The number of guanidine groups is 1. The van der Waals surface area contributed by atoms with Crippen LogP contribution in [-0.4, -0.2) is 35.2 Å². The number of rotatable bonds is 3. The zero-order chi connectivity index (χ0) is 17.6. The van der Waals surface area contributed by atoms with E-state index >= 15 is 0 Å². The number of nitrogens with zero attached hydrogens (tertiary/aromatic N) is 4. The fraction of sp³-hybridized carbons (Fsp3) is 0.389. The Morgan fingerprint density at radius 1 is 1.32 bits per heavy atom. The van der Waals surface area contributed by atoms with E-state index in [2.05, 4.69) is 20.4 Å². The van der Waals surface area contributed by atoms with Gasteiger partial charge in [0, 0.05) is 49.1 Å². The lowest BCUT2D eigenvalue weighted by atomic mass is 10.1. The first-order chi connectivity index (χ1) is 12.2. The Hall–Kier alpha value is -2.83. The summed E-state index contributed by atoms with van der Waals surface area (Å²) < 4.78 is 7.28. The molecule has 1 aliphatic rings. The summed E-state index contributed by atoms with van der Waals surface area (Å²) in [4.78, 5) is 8.88. The zero-order valence-electron chi connectivity index (χ0n) is 14.7. The lowest BCUT2D eigenvalue weighted by Gasteiger charge is -2.11. The summed E-state index contributed by atoms with van der Waals surface area (Å²) in [6.07, 6.45) is 8.08. The van der Waals surface area contributed by atoms with Crippen LogP contribution in [0.1, 0.15) is 25.7 Å². The molecule has 1 aliphatic heterocycles. The van der Waals surface area contributed by atoms with Gasteiger partial charge in [-0.3, -0.25) is 9.67 Å². The maximum absolute atomic E-state index is 6.04. The minimum atomic E-state index is 0.344. The Kier molecular flexibility index (Phi) is 5.33. The summed E-state index contributed by atoms with van der Waals surface area (Å²) in [7, 11) is 3.54. The third-order valence-electron chi connectivity index (χ3n) is 4.09. The monoisotopic (exact) mass is 340 g/mol. The molecule has 0 aliphatic carbocycles. The Balaban J connectivity index is 1.77. The largest absolute Gasteiger partial charge is 0.496 e. The Labute approximate surface area is 147 Å². The van der Waals surface area contributed by atoms with Gasteiger partial charge in [0.05, 0.1) is 13.3 Å². The van der Waals surface area contributed by atoms with Crippen molar-refractivity contribution in [1.82, 2.24) is 9.78 Å². The summed E-state index contributed by atoms with van der Waals surface area (Å²) in [5, 5.41) is 7.32. The van der Waals surface area contributed by atoms with Crippen LogP contribution < -0.4 is 15.8 Å². The van der Waals surface area contributed by atoms with Crippen molar-refractivity contribution in [2.24, 2.45) is 22.8 Å². The molecule has 1 aromatic heterocycles. The van der Waals surface area contributed by atoms with Gasteiger partial charge in [0.1, 0.15) is 11.6 Å². The molecule has 0 unspecified atom stereocenters. The van der Waals surface area contributed by atoms with Crippen molar-refractivity contribution in [3.8, 4) is 16.9 Å². The lowest BCUT2D eigenvalue weighted by molar-refractivity contribution is 0.416. The van der Waals surface area contributed by atoms with Crippen molar-refractivity contribution in [3.05, 3.63) is 30.6 Å². The summed E-state index contributed by atoms with van der Waals surface area (Å²) in [5.41, 5.74) is 8.83. The number of benzene rings is 1. The highest BCUT2D eigenvalue weighted by molar-refractivity contribution is 6.02. The summed E-state index contributed by atoms with van der Waals surface area (Å²) in [5.74, 6) is 1.91. The second-order valence-corrected chi connectivity index (χ2v) is 6.05. The molecule has 0 amide bonds. The Bertz CT molecular complexity index is 793. The minimum Gasteiger partial charge on any atom is -0.496 e. The maximum atomic E-state index is 6.04. The van der Waals surface area contributed by atoms with Gasteiger partial charge in [0.25, 0.3) is 0 Å². The van der Waals surface area contributed by atoms with Gasteiger partial charge < -0.3 is 15.8 Å². The second kappa shape index (κ2) is 7.83. The SMILES string of the molecule is COc1cc(NC(N)=NC2=NCCCCC2)ccc1-c1cnn(C)c1. The number of ether oxygens (including phenoxy) is 1. The van der Waals surface area contributed by atoms with Crippen molar-refractivity contribution in [2.45, 2.75) is 25.7 Å². The fourth-order valence-corrected chi connectivity index (χ4v) is 2.83. The summed E-state index contributed by atoms with van der Waals surface area (Å²) >= 11 is 0. The van der Waals surface area contributed by atoms with Crippen LogP contribution in [0.5, 0.6) is 5.75 Å². The number of nitrogens with one attached hydrogen (secondary N) is 1. The number of methoxy groups -OCH3 is 1. The quantitative estimate of drug-likeness (QED) is 0.664. The molecular formula is C18H24N6O. The smallest absolute Gasteiger partial charge is 0.199 e. The number of aryl methyl sites for hydroxylation is 1. The minimum absolute atomic E-state index is 0.344. The molecular weight excluding hydrogens is 316 g/mol. The van der Waals surface area contributed by atoms with Crippen molar-refractivity contribution in [1.29, 1.82) is 0 Å². The Morgan fingerprint density at radius 2 is 2.20 bits per heavy atom. The van der Waals surface area contributed by atoms with Crippen molar-refractivity contribution in [2.75, 3.05) is 19.0 Å². The van der Waals surface area contributed by atoms with Crippen molar-refractivity contribution >= 4 is 17.5 Å². The summed E-state index contributed by atoms with van der Waals surface area (Å²) in [6.45, 7) is 0.833. The molecule has 0 spiro atoms. The van der Waals surface area contributed by atoms with Crippen LogP contribution in [0.25, 0.3) is 11.1 Å². The topological polar surface area (TPSA) is 89.8 Å². The van der Waals surface area contributed by atoms with E-state index in [0.717, 1.165) is 54.2 Å². The van der Waals surface area contributed by atoms with Gasteiger partial charge in [0.15, 0.2) is 5.96 Å². The zero-order valence-corrected chi connectivity index (χ0v) is 14.7. The number of aromatic nitrogens is 2. The third kappa shape index (κ3) is 4.37. The number of nitrogens with two attached hydrogens (primary N) is 1. The van der Waals surface area contributed by atoms with Crippen LogP contribution in [0.4, 0.5) is 5.69 Å². The highest BCUT2D eigenvalue weighted by Gasteiger charge is 2.10. The molecule has 132 valence electrons. The first kappa shape index (κ1) is 17.0. The predicted molar refractivity (Wildman–Crippen MR) is 101 cm³/mol. The normalized spacial score (nSPS) is 15.4. The van der Waals surface area contributed by atoms with Gasteiger partial charge in [-0.05, 0) is 25.0 Å². The van der Waals surface area contributed by atoms with Crippen LogP contribution in [-0.2, 0) is 7.05 Å². The molecule has 0 fully saturated rings. The van der Waals surface area contributed by atoms with Gasteiger partial charge >= 0.3 is 0 Å². The van der Waals surface area contributed by atoms with E-state index in [4.69, 9.17) is 10.5 Å². The number of hydrogen-bond donors (Lipinski definition) is 2. The second-order valence-electron chi connectivity index (χ2n) is 6.05. The predicted octanol–water partition coefficient (Wildman–Crippen LogP) is 2.79. The number of aliphatic imine (C=N–C) groups is 2. The van der Waals surface area contributed by atoms with Crippen LogP contribution >= 0.6 is 0 Å². The highest BCUT2D eigenvalue weighted by atomic mass is 16.5. The number of hydrogen-bond acceptors (Lipinski definition) is 4. The lowest BCUT2D eigenvalue weighted by Crippen LogP contribution is -2.24. The van der Waals surface area contributed by atoms with E-state index in [9.17, 15) is 0 Å². The van der Waals surface area contributed by atoms with E-state index in [0.29, 0.717) is 5.96 Å². The van der Waals surface area contributed by atoms with Crippen LogP contribution in [0.2, 0.25) is 0 Å². The molecule has 0 radical (unpaired) electrons. The Morgan fingerprint density at radius 3 is 2.96 bits per heavy atom. The van der Waals surface area contributed by atoms with E-state index < -0.39 is 0 Å². The van der Waals surface area contributed by atoms with E-state index in [1.54, 1.807) is 11.8 Å².